The summed E-state index contributed by atoms with van der Waals surface area (Å²) in [4.78, 5) is 16.2. The van der Waals surface area contributed by atoms with Crippen molar-refractivity contribution in [3.05, 3.63) is 59.8 Å². The Hall–Kier alpha value is -2.60. The molecule has 0 bridgehead atoms. The zero-order valence-corrected chi connectivity index (χ0v) is 15.0. The summed E-state index contributed by atoms with van der Waals surface area (Å²) < 4.78 is 0. The third-order valence-electron chi connectivity index (χ3n) is 4.57. The summed E-state index contributed by atoms with van der Waals surface area (Å²) in [7, 11) is 0. The van der Waals surface area contributed by atoms with E-state index in [1.165, 1.54) is 11.1 Å². The molecule has 4 N–H and O–H groups in total. The van der Waals surface area contributed by atoms with Crippen LogP contribution >= 0.6 is 0 Å². The van der Waals surface area contributed by atoms with Crippen molar-refractivity contribution in [2.75, 3.05) is 31.5 Å². The van der Waals surface area contributed by atoms with E-state index in [9.17, 15) is 4.79 Å². The van der Waals surface area contributed by atoms with Crippen molar-refractivity contribution in [2.24, 2.45) is 0 Å². The number of unbranched alkanes of at least 4 members (excludes halogenated alkanes) is 1. The Kier molecular flexibility index (Phi) is 6.84. The number of carbonyl (C=O) groups is 1. The molecule has 0 spiro atoms. The van der Waals surface area contributed by atoms with Gasteiger partial charge in [0.25, 0.3) is 0 Å². The molecule has 3 rings (SSSR count). The summed E-state index contributed by atoms with van der Waals surface area (Å²) in [5.41, 5.74) is 2.67. The van der Waals surface area contributed by atoms with Crippen molar-refractivity contribution < 1.29 is 4.79 Å². The maximum absolute atomic E-state index is 12.0. The van der Waals surface area contributed by atoms with Gasteiger partial charge in [-0.3, -0.25) is 0 Å². The molecule has 1 aliphatic rings. The number of carbonyl (C=O) groups excluding carboxylic acids is 1. The Bertz CT molecular complexity index is 692. The number of rotatable bonds is 8. The third-order valence-corrected chi connectivity index (χ3v) is 4.57. The number of anilines is 1. The quantitative estimate of drug-likeness (QED) is 0.550. The van der Waals surface area contributed by atoms with Crippen LogP contribution in [0.4, 0.5) is 10.6 Å². The Morgan fingerprint density at radius 2 is 1.92 bits per heavy atom. The number of nitrogens with one attached hydrogen (secondary N) is 4. The smallest absolute Gasteiger partial charge is 0.314 e. The predicted octanol–water partition coefficient (Wildman–Crippen LogP) is 2.46. The summed E-state index contributed by atoms with van der Waals surface area (Å²) in [5, 5.41) is 12.6. The van der Waals surface area contributed by atoms with Crippen LogP contribution in [-0.4, -0.2) is 37.2 Å². The highest BCUT2D eigenvalue weighted by molar-refractivity contribution is 5.73. The molecule has 0 fully saturated rings. The van der Waals surface area contributed by atoms with Crippen LogP contribution in [0, 0.1) is 0 Å². The highest BCUT2D eigenvalue weighted by Crippen LogP contribution is 2.22. The largest absolute Gasteiger partial charge is 0.370 e. The second-order valence-electron chi connectivity index (χ2n) is 6.51. The van der Waals surface area contributed by atoms with Gasteiger partial charge in [0.1, 0.15) is 5.82 Å². The van der Waals surface area contributed by atoms with Gasteiger partial charge >= 0.3 is 6.03 Å². The molecule has 2 aromatic rings. The van der Waals surface area contributed by atoms with Crippen molar-refractivity contribution in [1.29, 1.82) is 0 Å². The van der Waals surface area contributed by atoms with Crippen molar-refractivity contribution >= 4 is 11.8 Å². The van der Waals surface area contributed by atoms with Gasteiger partial charge in [0.2, 0.25) is 0 Å². The van der Waals surface area contributed by atoms with E-state index >= 15 is 0 Å². The molecule has 26 heavy (non-hydrogen) atoms. The fourth-order valence-electron chi connectivity index (χ4n) is 3.18. The molecule has 1 unspecified atom stereocenters. The molecule has 1 aliphatic heterocycles. The van der Waals surface area contributed by atoms with Gasteiger partial charge in [0.15, 0.2) is 0 Å². The van der Waals surface area contributed by atoms with Gasteiger partial charge in [0, 0.05) is 44.8 Å². The van der Waals surface area contributed by atoms with E-state index in [-0.39, 0.29) is 6.03 Å². The summed E-state index contributed by atoms with van der Waals surface area (Å²) in [6.45, 7) is 3.99. The van der Waals surface area contributed by atoms with Crippen LogP contribution in [0.3, 0.4) is 0 Å². The van der Waals surface area contributed by atoms with Crippen LogP contribution < -0.4 is 21.3 Å². The number of pyridine rings is 1. The number of hydrogen-bond acceptors (Lipinski definition) is 4. The monoisotopic (exact) mass is 353 g/mol. The number of amides is 2. The number of hydrogen-bond donors (Lipinski definition) is 4. The van der Waals surface area contributed by atoms with Gasteiger partial charge in [-0.15, -0.1) is 0 Å². The minimum atomic E-state index is -0.0919. The number of aromatic nitrogens is 1. The fourth-order valence-corrected chi connectivity index (χ4v) is 3.18. The lowest BCUT2D eigenvalue weighted by Gasteiger charge is -2.26. The third kappa shape index (κ3) is 5.46. The molecule has 1 aromatic carbocycles. The maximum Gasteiger partial charge on any atom is 0.314 e. The van der Waals surface area contributed by atoms with E-state index in [2.05, 4.69) is 50.5 Å². The summed E-state index contributed by atoms with van der Waals surface area (Å²) >= 11 is 0. The molecule has 6 nitrogen and oxygen atoms in total. The van der Waals surface area contributed by atoms with Crippen LogP contribution in [0.15, 0.2) is 48.7 Å². The molecular weight excluding hydrogens is 326 g/mol. The molecule has 0 aliphatic carbocycles. The molecule has 2 heterocycles. The van der Waals surface area contributed by atoms with Crippen LogP contribution in [-0.2, 0) is 6.54 Å². The Balaban J connectivity index is 1.28. The Morgan fingerprint density at radius 3 is 2.81 bits per heavy atom. The lowest BCUT2D eigenvalue weighted by molar-refractivity contribution is 0.239. The first-order valence-corrected chi connectivity index (χ1v) is 9.28. The van der Waals surface area contributed by atoms with Gasteiger partial charge in [0.05, 0.1) is 0 Å². The molecule has 138 valence electrons. The Morgan fingerprint density at radius 1 is 1.08 bits per heavy atom. The minimum absolute atomic E-state index is 0.0919. The van der Waals surface area contributed by atoms with Crippen LogP contribution in [0.1, 0.15) is 29.9 Å². The standard InChI is InChI=1S/C20H27N5O/c26-20(24-12-6-5-11-23-19-9-3-4-10-22-19)25-15-17-14-21-13-16-7-1-2-8-18(16)17/h1-4,7-10,17,21H,5-6,11-15H2,(H,22,23)(H2,24,25,26). The average molecular weight is 353 g/mol. The lowest BCUT2D eigenvalue weighted by Crippen LogP contribution is -2.41. The topological polar surface area (TPSA) is 78.1 Å². The first-order valence-electron chi connectivity index (χ1n) is 9.28. The number of fused-ring (bicyclic) bond motifs is 1. The Labute approximate surface area is 154 Å². The number of urea groups is 1. The van der Waals surface area contributed by atoms with Crippen LogP contribution in [0.25, 0.3) is 0 Å². The zero-order valence-electron chi connectivity index (χ0n) is 15.0. The first kappa shape index (κ1) is 18.2. The molecular formula is C20H27N5O. The number of benzene rings is 1. The van der Waals surface area contributed by atoms with Crippen LogP contribution in [0.5, 0.6) is 0 Å². The molecule has 0 saturated carbocycles. The minimum Gasteiger partial charge on any atom is -0.370 e. The molecule has 2 amide bonds. The number of nitrogens with zero attached hydrogens (tertiary/aromatic N) is 1. The van der Waals surface area contributed by atoms with Gasteiger partial charge in [-0.2, -0.15) is 0 Å². The van der Waals surface area contributed by atoms with Crippen molar-refractivity contribution in [2.45, 2.75) is 25.3 Å². The van der Waals surface area contributed by atoms with Gasteiger partial charge in [-0.1, -0.05) is 30.3 Å². The molecule has 0 saturated heterocycles. The zero-order chi connectivity index (χ0) is 18.0. The van der Waals surface area contributed by atoms with Gasteiger partial charge in [-0.25, -0.2) is 9.78 Å². The first-order chi connectivity index (χ1) is 12.8. The molecule has 1 atom stereocenters. The van der Waals surface area contributed by atoms with Crippen molar-refractivity contribution in [3.63, 3.8) is 0 Å². The molecule has 0 radical (unpaired) electrons. The fraction of sp³-hybridized carbons (Fsp3) is 0.400. The van der Waals surface area contributed by atoms with Crippen LogP contribution in [0.2, 0.25) is 0 Å². The van der Waals surface area contributed by atoms with E-state index in [4.69, 9.17) is 0 Å². The van der Waals surface area contributed by atoms with E-state index in [1.54, 1.807) is 6.20 Å². The van der Waals surface area contributed by atoms with E-state index in [1.807, 2.05) is 18.2 Å². The highest BCUT2D eigenvalue weighted by atomic mass is 16.2. The average Bonchev–Trinajstić information content (AvgIpc) is 2.69. The van der Waals surface area contributed by atoms with E-state index < -0.39 is 0 Å². The lowest BCUT2D eigenvalue weighted by atomic mass is 9.91. The molecule has 6 heteroatoms. The highest BCUT2D eigenvalue weighted by Gasteiger charge is 2.19. The van der Waals surface area contributed by atoms with Gasteiger partial charge < -0.3 is 21.3 Å². The SMILES string of the molecule is O=C(NCCCCNc1ccccn1)NCC1CNCc2ccccc21. The summed E-state index contributed by atoms with van der Waals surface area (Å²) in [6.07, 6.45) is 3.69. The summed E-state index contributed by atoms with van der Waals surface area (Å²) in [6, 6.07) is 14.1. The van der Waals surface area contributed by atoms with Crippen molar-refractivity contribution in [3.8, 4) is 0 Å². The van der Waals surface area contributed by atoms with Gasteiger partial charge in [-0.05, 0) is 36.1 Å². The summed E-state index contributed by atoms with van der Waals surface area (Å²) in [5.74, 6) is 1.22. The van der Waals surface area contributed by atoms with E-state index in [0.29, 0.717) is 19.0 Å². The molecule has 1 aromatic heterocycles. The normalized spacial score (nSPS) is 15.8. The van der Waals surface area contributed by atoms with E-state index in [0.717, 1.165) is 38.3 Å². The predicted molar refractivity (Wildman–Crippen MR) is 104 cm³/mol. The maximum atomic E-state index is 12.0. The van der Waals surface area contributed by atoms with Crippen molar-refractivity contribution in [1.82, 2.24) is 20.9 Å². The second-order valence-corrected chi connectivity index (χ2v) is 6.51. The second kappa shape index (κ2) is 9.77.